The Bertz CT molecular complexity index is 828. The lowest BCUT2D eigenvalue weighted by atomic mass is 9.65. The van der Waals surface area contributed by atoms with Crippen molar-refractivity contribution in [3.8, 4) is 0 Å². The molecule has 6 heteroatoms. The van der Waals surface area contributed by atoms with E-state index in [1.807, 2.05) is 0 Å². The molecule has 2 N–H and O–H groups in total. The van der Waals surface area contributed by atoms with E-state index in [0.717, 1.165) is 88.2 Å². The van der Waals surface area contributed by atoms with Gasteiger partial charge in [0.05, 0.1) is 36.6 Å². The van der Waals surface area contributed by atoms with Gasteiger partial charge in [0.2, 0.25) is 0 Å². The Kier molecular flexibility index (Phi) is 10.6. The predicted octanol–water partition coefficient (Wildman–Crippen LogP) is 5.47. The van der Waals surface area contributed by atoms with Crippen molar-refractivity contribution in [3.63, 3.8) is 0 Å². The number of fused-ring (bicyclic) bond motifs is 2. The van der Waals surface area contributed by atoms with Crippen LogP contribution in [0.3, 0.4) is 0 Å². The predicted molar refractivity (Wildman–Crippen MR) is 138 cm³/mol. The van der Waals surface area contributed by atoms with Crippen LogP contribution in [0, 0.1) is 11.8 Å². The first-order chi connectivity index (χ1) is 17.3. The SMILES string of the molecule is CCOC(=O)C=C=C1CCC[C@H]2CCCC[C@]12O.CCOC(=O)C=C=C1CCC[C@H]2CCCC[C@]12O. The largest absolute Gasteiger partial charge is 0.462 e. The molecule has 0 spiro atoms. The van der Waals surface area contributed by atoms with Crippen molar-refractivity contribution in [1.82, 2.24) is 0 Å². The van der Waals surface area contributed by atoms with Gasteiger partial charge in [-0.2, -0.15) is 0 Å². The third-order valence-corrected chi connectivity index (χ3v) is 8.38. The van der Waals surface area contributed by atoms with E-state index in [1.165, 1.54) is 25.0 Å². The molecule has 0 aromatic heterocycles. The van der Waals surface area contributed by atoms with E-state index >= 15 is 0 Å². The molecule has 200 valence electrons. The van der Waals surface area contributed by atoms with E-state index < -0.39 is 11.2 Å². The second kappa shape index (κ2) is 13.4. The van der Waals surface area contributed by atoms with Gasteiger partial charge in [0.25, 0.3) is 0 Å². The lowest BCUT2D eigenvalue weighted by molar-refractivity contribution is -0.138. The summed E-state index contributed by atoms with van der Waals surface area (Å²) in [4.78, 5) is 22.6. The molecule has 4 saturated carbocycles. The number of esters is 2. The van der Waals surface area contributed by atoms with Gasteiger partial charge in [-0.3, -0.25) is 0 Å². The third kappa shape index (κ3) is 7.01. The van der Waals surface area contributed by atoms with Crippen LogP contribution >= 0.6 is 0 Å². The van der Waals surface area contributed by atoms with E-state index in [4.69, 9.17) is 9.47 Å². The van der Waals surface area contributed by atoms with E-state index in [1.54, 1.807) is 13.8 Å². The molecule has 0 aliphatic heterocycles. The van der Waals surface area contributed by atoms with Crippen LogP contribution in [0.1, 0.15) is 104 Å². The Morgan fingerprint density at radius 2 is 1.14 bits per heavy atom. The highest BCUT2D eigenvalue weighted by Crippen LogP contribution is 2.47. The van der Waals surface area contributed by atoms with Crippen molar-refractivity contribution < 1.29 is 29.3 Å². The third-order valence-electron chi connectivity index (χ3n) is 8.38. The maximum absolute atomic E-state index is 11.3. The minimum absolute atomic E-state index is 0.359. The van der Waals surface area contributed by atoms with E-state index in [2.05, 4.69) is 11.5 Å². The first-order valence-electron chi connectivity index (χ1n) is 14.0. The number of hydrogen-bond acceptors (Lipinski definition) is 6. The lowest BCUT2D eigenvalue weighted by Crippen LogP contribution is -2.44. The highest BCUT2D eigenvalue weighted by Gasteiger charge is 2.44. The summed E-state index contributed by atoms with van der Waals surface area (Å²) in [7, 11) is 0. The fourth-order valence-electron chi connectivity index (χ4n) is 6.55. The van der Waals surface area contributed by atoms with Crippen molar-refractivity contribution in [3.05, 3.63) is 34.8 Å². The van der Waals surface area contributed by atoms with Gasteiger partial charge in [0, 0.05) is 11.1 Å². The van der Waals surface area contributed by atoms with Gasteiger partial charge in [-0.15, -0.1) is 11.5 Å². The molecule has 0 unspecified atom stereocenters. The van der Waals surface area contributed by atoms with E-state index in [0.29, 0.717) is 25.0 Å². The molecule has 4 aliphatic rings. The van der Waals surface area contributed by atoms with Crippen molar-refractivity contribution in [2.24, 2.45) is 11.8 Å². The molecule has 4 aliphatic carbocycles. The zero-order valence-electron chi connectivity index (χ0n) is 22.2. The minimum Gasteiger partial charge on any atom is -0.462 e. The van der Waals surface area contributed by atoms with Gasteiger partial charge in [0.15, 0.2) is 0 Å². The van der Waals surface area contributed by atoms with Gasteiger partial charge in [-0.05, 0) is 89.9 Å². The topological polar surface area (TPSA) is 93.1 Å². The Morgan fingerprint density at radius 3 is 1.53 bits per heavy atom. The van der Waals surface area contributed by atoms with Crippen LogP contribution in [0.4, 0.5) is 0 Å². The fraction of sp³-hybridized carbons (Fsp3) is 0.733. The second-order valence-electron chi connectivity index (χ2n) is 10.6. The summed E-state index contributed by atoms with van der Waals surface area (Å²) in [6.07, 6.45) is 17.1. The molecule has 0 saturated heterocycles. The summed E-state index contributed by atoms with van der Waals surface area (Å²) in [6, 6.07) is 0. The Labute approximate surface area is 216 Å². The van der Waals surface area contributed by atoms with E-state index in [9.17, 15) is 19.8 Å². The molecule has 6 nitrogen and oxygen atoms in total. The van der Waals surface area contributed by atoms with Crippen LogP contribution < -0.4 is 0 Å². The molecule has 4 fully saturated rings. The maximum atomic E-state index is 11.3. The van der Waals surface area contributed by atoms with Gasteiger partial charge in [-0.25, -0.2) is 9.59 Å². The highest BCUT2D eigenvalue weighted by molar-refractivity contribution is 5.82. The summed E-state index contributed by atoms with van der Waals surface area (Å²) in [5.74, 6) is -0.0192. The number of aliphatic hydroxyl groups is 2. The Morgan fingerprint density at radius 1 is 0.750 bits per heavy atom. The van der Waals surface area contributed by atoms with Crippen LogP contribution in [0.25, 0.3) is 0 Å². The normalized spacial score (nSPS) is 31.2. The van der Waals surface area contributed by atoms with Crippen LogP contribution in [-0.2, 0) is 19.1 Å². The zero-order valence-corrected chi connectivity index (χ0v) is 22.2. The highest BCUT2D eigenvalue weighted by atomic mass is 16.5. The standard InChI is InChI=1S/2C15H22O3/c2*1-2-18-14(16)10-9-13-8-5-7-12-6-3-4-11-15(12,13)17/h2*10,12,17H,2-8,11H2,1H3/t2*9?,12-,15-/m11/s1. The first kappa shape index (κ1) is 28.5. The van der Waals surface area contributed by atoms with Crippen molar-refractivity contribution >= 4 is 11.9 Å². The van der Waals surface area contributed by atoms with Crippen molar-refractivity contribution in [2.45, 2.75) is 115 Å². The van der Waals surface area contributed by atoms with E-state index in [-0.39, 0.29) is 11.9 Å². The van der Waals surface area contributed by atoms with Crippen LogP contribution in [0.15, 0.2) is 34.8 Å². The molecule has 36 heavy (non-hydrogen) atoms. The molecule has 0 aromatic carbocycles. The smallest absolute Gasteiger partial charge is 0.338 e. The van der Waals surface area contributed by atoms with Crippen molar-refractivity contribution in [2.75, 3.05) is 13.2 Å². The molecule has 0 radical (unpaired) electrons. The monoisotopic (exact) mass is 500 g/mol. The number of ether oxygens (including phenoxy) is 2. The fourth-order valence-corrected chi connectivity index (χ4v) is 6.55. The molecular formula is C30H44O6. The number of rotatable bonds is 4. The molecular weight excluding hydrogens is 456 g/mol. The van der Waals surface area contributed by atoms with Gasteiger partial charge in [-0.1, -0.05) is 25.7 Å². The quantitative estimate of drug-likeness (QED) is 0.302. The molecule has 0 amide bonds. The zero-order chi connectivity index (χ0) is 26.0. The number of hydrogen-bond donors (Lipinski definition) is 2. The summed E-state index contributed by atoms with van der Waals surface area (Å²) >= 11 is 0. The number of carbonyl (C=O) groups excluding carboxylic acids is 2. The maximum Gasteiger partial charge on any atom is 0.338 e. The lowest BCUT2D eigenvalue weighted by Gasteiger charge is -2.44. The summed E-state index contributed by atoms with van der Waals surface area (Å²) in [6.45, 7) is 4.31. The van der Waals surface area contributed by atoms with Crippen LogP contribution in [0.5, 0.6) is 0 Å². The average molecular weight is 501 g/mol. The molecule has 4 atom stereocenters. The second-order valence-corrected chi connectivity index (χ2v) is 10.6. The number of carbonyl (C=O) groups is 2. The summed E-state index contributed by atoms with van der Waals surface area (Å²) in [5.41, 5.74) is 6.43. The van der Waals surface area contributed by atoms with Crippen LogP contribution in [0.2, 0.25) is 0 Å². The molecule has 0 aromatic rings. The molecule has 0 bridgehead atoms. The van der Waals surface area contributed by atoms with Crippen LogP contribution in [-0.4, -0.2) is 46.6 Å². The first-order valence-corrected chi connectivity index (χ1v) is 14.0. The average Bonchev–Trinajstić information content (AvgIpc) is 2.86. The summed E-state index contributed by atoms with van der Waals surface area (Å²) in [5, 5.41) is 21.6. The Hall–Kier alpha value is -2.10. The molecule has 0 heterocycles. The Balaban J connectivity index is 0.000000201. The van der Waals surface area contributed by atoms with Crippen molar-refractivity contribution in [1.29, 1.82) is 0 Å². The molecule has 4 rings (SSSR count). The van der Waals surface area contributed by atoms with Gasteiger partial charge < -0.3 is 19.7 Å². The van der Waals surface area contributed by atoms with Gasteiger partial charge >= 0.3 is 11.9 Å². The minimum atomic E-state index is -0.709. The summed E-state index contributed by atoms with van der Waals surface area (Å²) < 4.78 is 9.70. The van der Waals surface area contributed by atoms with Gasteiger partial charge in [0.1, 0.15) is 0 Å².